The van der Waals surface area contributed by atoms with Crippen LogP contribution in [-0.4, -0.2) is 4.98 Å². The quantitative estimate of drug-likeness (QED) is 0.357. The van der Waals surface area contributed by atoms with Gasteiger partial charge in [-0.2, -0.15) is 0 Å². The minimum atomic E-state index is 0.642. The van der Waals surface area contributed by atoms with Crippen LogP contribution in [0.5, 0.6) is 0 Å². The van der Waals surface area contributed by atoms with Gasteiger partial charge in [0.05, 0.1) is 0 Å². The summed E-state index contributed by atoms with van der Waals surface area (Å²) >= 11 is 0. The van der Waals surface area contributed by atoms with Gasteiger partial charge in [-0.1, -0.05) is 84.9 Å². The molecular formula is C25H17NO. The molecule has 0 saturated heterocycles. The smallest absolute Gasteiger partial charge is 0.226 e. The molecule has 0 saturated carbocycles. The molecule has 5 aromatic rings. The van der Waals surface area contributed by atoms with Crippen molar-refractivity contribution in [3.05, 3.63) is 103 Å². The highest BCUT2D eigenvalue weighted by Gasteiger charge is 2.09. The topological polar surface area (TPSA) is 26.0 Å². The van der Waals surface area contributed by atoms with E-state index < -0.39 is 0 Å². The maximum Gasteiger partial charge on any atom is 0.226 e. The van der Waals surface area contributed by atoms with Crippen LogP contribution in [-0.2, 0) is 0 Å². The predicted molar refractivity (Wildman–Crippen MR) is 110 cm³/mol. The first-order valence-electron chi connectivity index (χ1n) is 8.98. The molecule has 5 rings (SSSR count). The van der Waals surface area contributed by atoms with Crippen molar-refractivity contribution < 1.29 is 4.42 Å². The minimum Gasteiger partial charge on any atom is -0.444 e. The summed E-state index contributed by atoms with van der Waals surface area (Å²) in [4.78, 5) is 4.64. The highest BCUT2D eigenvalue weighted by atomic mass is 16.3. The third-order valence-electron chi connectivity index (χ3n) is 4.81. The number of rotatable bonds is 3. The van der Waals surface area contributed by atoms with E-state index in [1.807, 2.05) is 30.3 Å². The molecule has 0 unspecified atom stereocenters. The molecule has 0 aliphatic carbocycles. The fourth-order valence-electron chi connectivity index (χ4n) is 3.42. The van der Waals surface area contributed by atoms with E-state index in [4.69, 9.17) is 4.42 Å². The van der Waals surface area contributed by atoms with Crippen molar-refractivity contribution in [3.8, 4) is 33.8 Å². The molecule has 0 N–H and O–H groups in total. The van der Waals surface area contributed by atoms with E-state index in [1.165, 1.54) is 21.9 Å². The van der Waals surface area contributed by atoms with Crippen molar-refractivity contribution in [2.75, 3.05) is 0 Å². The number of hydrogen-bond donors (Lipinski definition) is 0. The van der Waals surface area contributed by atoms with Crippen LogP contribution in [0.1, 0.15) is 0 Å². The van der Waals surface area contributed by atoms with Crippen molar-refractivity contribution in [1.82, 2.24) is 4.98 Å². The Kier molecular flexibility index (Phi) is 3.80. The third kappa shape index (κ3) is 2.91. The Labute approximate surface area is 157 Å². The van der Waals surface area contributed by atoms with Gasteiger partial charge in [0.25, 0.3) is 0 Å². The lowest BCUT2D eigenvalue weighted by atomic mass is 9.97. The SMILES string of the molecule is c1ccc(-c2nc(-c3ccc(-c4cccc5ccccc45)cc3)co2)cc1. The van der Waals surface area contributed by atoms with E-state index in [2.05, 4.69) is 71.7 Å². The van der Waals surface area contributed by atoms with Gasteiger partial charge in [0, 0.05) is 11.1 Å². The summed E-state index contributed by atoms with van der Waals surface area (Å²) < 4.78 is 5.67. The lowest BCUT2D eigenvalue weighted by molar-refractivity contribution is 0.575. The van der Waals surface area contributed by atoms with Gasteiger partial charge in [-0.3, -0.25) is 0 Å². The maximum absolute atomic E-state index is 5.67. The van der Waals surface area contributed by atoms with Crippen molar-refractivity contribution in [3.63, 3.8) is 0 Å². The number of oxazole rings is 1. The molecule has 0 fully saturated rings. The monoisotopic (exact) mass is 347 g/mol. The van der Waals surface area contributed by atoms with E-state index >= 15 is 0 Å². The van der Waals surface area contributed by atoms with Gasteiger partial charge in [0.2, 0.25) is 5.89 Å². The van der Waals surface area contributed by atoms with Gasteiger partial charge in [-0.05, 0) is 34.0 Å². The minimum absolute atomic E-state index is 0.642. The number of nitrogens with zero attached hydrogens (tertiary/aromatic N) is 1. The van der Waals surface area contributed by atoms with Crippen LogP contribution in [0.3, 0.4) is 0 Å². The maximum atomic E-state index is 5.67. The molecule has 0 bridgehead atoms. The summed E-state index contributed by atoms with van der Waals surface area (Å²) in [5, 5.41) is 2.52. The van der Waals surface area contributed by atoms with Crippen molar-refractivity contribution >= 4 is 10.8 Å². The zero-order valence-electron chi connectivity index (χ0n) is 14.7. The Balaban J connectivity index is 1.50. The van der Waals surface area contributed by atoms with Crippen LogP contribution in [0.15, 0.2) is 108 Å². The number of benzene rings is 4. The van der Waals surface area contributed by atoms with Crippen LogP contribution in [0, 0.1) is 0 Å². The summed E-state index contributed by atoms with van der Waals surface area (Å²) in [7, 11) is 0. The molecular weight excluding hydrogens is 330 g/mol. The molecule has 128 valence electrons. The normalized spacial score (nSPS) is 11.0. The Bertz CT molecular complexity index is 1200. The van der Waals surface area contributed by atoms with E-state index in [9.17, 15) is 0 Å². The summed E-state index contributed by atoms with van der Waals surface area (Å²) in [5.74, 6) is 0.642. The van der Waals surface area contributed by atoms with Crippen LogP contribution in [0.25, 0.3) is 44.6 Å². The van der Waals surface area contributed by atoms with Gasteiger partial charge in [-0.15, -0.1) is 0 Å². The molecule has 0 aliphatic heterocycles. The summed E-state index contributed by atoms with van der Waals surface area (Å²) in [6.45, 7) is 0. The fourth-order valence-corrected chi connectivity index (χ4v) is 3.42. The molecule has 0 amide bonds. The van der Waals surface area contributed by atoms with Gasteiger partial charge < -0.3 is 4.42 Å². The molecule has 2 nitrogen and oxygen atoms in total. The summed E-state index contributed by atoms with van der Waals surface area (Å²) in [6.07, 6.45) is 1.72. The van der Waals surface area contributed by atoms with Crippen LogP contribution in [0.2, 0.25) is 0 Å². The zero-order valence-corrected chi connectivity index (χ0v) is 14.7. The number of hydrogen-bond acceptors (Lipinski definition) is 2. The van der Waals surface area contributed by atoms with E-state index in [1.54, 1.807) is 6.26 Å². The largest absolute Gasteiger partial charge is 0.444 e. The molecule has 0 atom stereocenters. The predicted octanol–water partition coefficient (Wildman–Crippen LogP) is 6.83. The highest BCUT2D eigenvalue weighted by molar-refractivity contribution is 5.96. The Morgan fingerprint density at radius 2 is 1.26 bits per heavy atom. The number of aromatic nitrogens is 1. The van der Waals surface area contributed by atoms with E-state index in [-0.39, 0.29) is 0 Å². The highest BCUT2D eigenvalue weighted by Crippen LogP contribution is 2.31. The second kappa shape index (κ2) is 6.58. The van der Waals surface area contributed by atoms with Crippen LogP contribution in [0.4, 0.5) is 0 Å². The van der Waals surface area contributed by atoms with E-state index in [0.29, 0.717) is 5.89 Å². The molecule has 0 radical (unpaired) electrons. The van der Waals surface area contributed by atoms with Gasteiger partial charge >= 0.3 is 0 Å². The molecule has 4 aromatic carbocycles. The molecule has 2 heteroatoms. The lowest BCUT2D eigenvalue weighted by Crippen LogP contribution is -1.83. The lowest BCUT2D eigenvalue weighted by Gasteiger charge is -2.07. The Morgan fingerprint density at radius 1 is 0.556 bits per heavy atom. The number of fused-ring (bicyclic) bond motifs is 1. The second-order valence-corrected chi connectivity index (χ2v) is 6.51. The molecule has 0 aliphatic rings. The molecule has 1 heterocycles. The van der Waals surface area contributed by atoms with Gasteiger partial charge in [0.15, 0.2) is 0 Å². The first-order chi connectivity index (χ1) is 13.4. The van der Waals surface area contributed by atoms with E-state index in [0.717, 1.165) is 16.8 Å². The summed E-state index contributed by atoms with van der Waals surface area (Å²) in [5.41, 5.74) is 5.31. The summed E-state index contributed by atoms with van der Waals surface area (Å²) in [6, 6.07) is 33.3. The molecule has 1 aromatic heterocycles. The van der Waals surface area contributed by atoms with Crippen LogP contribution < -0.4 is 0 Å². The molecule has 0 spiro atoms. The zero-order chi connectivity index (χ0) is 18.1. The standard InChI is InChI=1S/C25H17NO/c1-2-8-21(9-3-1)25-26-24(17-27-25)20-15-13-19(14-16-20)23-12-6-10-18-7-4-5-11-22(18)23/h1-17H. The van der Waals surface area contributed by atoms with Gasteiger partial charge in [-0.25, -0.2) is 4.98 Å². The van der Waals surface area contributed by atoms with Crippen molar-refractivity contribution in [2.45, 2.75) is 0 Å². The Hall–Kier alpha value is -3.65. The Morgan fingerprint density at radius 3 is 2.11 bits per heavy atom. The van der Waals surface area contributed by atoms with Crippen LogP contribution >= 0.6 is 0 Å². The average molecular weight is 347 g/mol. The first kappa shape index (κ1) is 15.6. The van der Waals surface area contributed by atoms with Crippen molar-refractivity contribution in [2.24, 2.45) is 0 Å². The first-order valence-corrected chi connectivity index (χ1v) is 8.98. The van der Waals surface area contributed by atoms with Crippen molar-refractivity contribution in [1.29, 1.82) is 0 Å². The molecule has 27 heavy (non-hydrogen) atoms. The fraction of sp³-hybridized carbons (Fsp3) is 0. The second-order valence-electron chi connectivity index (χ2n) is 6.51. The average Bonchev–Trinajstić information content (AvgIpc) is 3.24. The van der Waals surface area contributed by atoms with Gasteiger partial charge in [0.1, 0.15) is 12.0 Å². The third-order valence-corrected chi connectivity index (χ3v) is 4.81.